The Balaban J connectivity index is 1.91. The molecule has 0 radical (unpaired) electrons. The monoisotopic (exact) mass is 267 g/mol. The van der Waals surface area contributed by atoms with Crippen LogP contribution in [0, 0.1) is 5.92 Å². The van der Waals surface area contributed by atoms with Gasteiger partial charge in [-0.3, -0.25) is 9.69 Å². The lowest BCUT2D eigenvalue weighted by molar-refractivity contribution is -0.137. The van der Waals surface area contributed by atoms with E-state index in [0.717, 1.165) is 18.4 Å². The van der Waals surface area contributed by atoms with Crippen LogP contribution in [0.25, 0.3) is 0 Å². The van der Waals surface area contributed by atoms with Crippen molar-refractivity contribution in [1.82, 2.24) is 4.90 Å². The summed E-state index contributed by atoms with van der Waals surface area (Å²) >= 11 is 0. The summed E-state index contributed by atoms with van der Waals surface area (Å²) in [4.78, 5) is 13.5. The quantitative estimate of drug-likeness (QED) is 0.790. The van der Waals surface area contributed by atoms with Crippen molar-refractivity contribution >= 4 is 5.97 Å². The van der Waals surface area contributed by atoms with E-state index in [1.165, 1.54) is 57.9 Å². The SMILES string of the molecule is CC1CCCC(N2CCCCC2CCC(=O)O)CC1. The van der Waals surface area contributed by atoms with Crippen molar-refractivity contribution in [2.75, 3.05) is 6.54 Å². The van der Waals surface area contributed by atoms with Gasteiger partial charge in [-0.1, -0.05) is 26.2 Å². The van der Waals surface area contributed by atoms with Gasteiger partial charge in [0.1, 0.15) is 0 Å². The molecule has 3 atom stereocenters. The molecule has 110 valence electrons. The van der Waals surface area contributed by atoms with Crippen molar-refractivity contribution in [3.63, 3.8) is 0 Å². The molecule has 3 heteroatoms. The van der Waals surface area contributed by atoms with Crippen molar-refractivity contribution in [3.05, 3.63) is 0 Å². The normalized spacial score (nSPS) is 33.8. The maximum Gasteiger partial charge on any atom is 0.303 e. The third kappa shape index (κ3) is 4.48. The predicted octanol–water partition coefficient (Wildman–Crippen LogP) is 3.67. The van der Waals surface area contributed by atoms with E-state index in [-0.39, 0.29) is 0 Å². The summed E-state index contributed by atoms with van der Waals surface area (Å²) < 4.78 is 0. The van der Waals surface area contributed by atoms with Crippen LogP contribution in [0.4, 0.5) is 0 Å². The summed E-state index contributed by atoms with van der Waals surface area (Å²) in [6.07, 6.45) is 11.7. The predicted molar refractivity (Wildman–Crippen MR) is 77.3 cm³/mol. The number of carboxylic acids is 1. The number of carboxylic acid groups (broad SMARTS) is 1. The van der Waals surface area contributed by atoms with E-state index in [9.17, 15) is 4.79 Å². The third-order valence-electron chi connectivity index (χ3n) is 5.06. The number of aliphatic carboxylic acids is 1. The Morgan fingerprint density at radius 2 is 1.95 bits per heavy atom. The molecular weight excluding hydrogens is 238 g/mol. The van der Waals surface area contributed by atoms with Gasteiger partial charge in [-0.05, 0) is 51.0 Å². The summed E-state index contributed by atoms with van der Waals surface area (Å²) in [5.74, 6) is 0.243. The highest BCUT2D eigenvalue weighted by Crippen LogP contribution is 2.31. The second-order valence-corrected chi connectivity index (χ2v) is 6.59. The van der Waals surface area contributed by atoms with Gasteiger partial charge in [0.05, 0.1) is 0 Å². The molecule has 19 heavy (non-hydrogen) atoms. The Bertz CT molecular complexity index is 292. The van der Waals surface area contributed by atoms with Crippen molar-refractivity contribution in [2.45, 2.75) is 83.2 Å². The van der Waals surface area contributed by atoms with Crippen LogP contribution < -0.4 is 0 Å². The van der Waals surface area contributed by atoms with Crippen LogP contribution in [0.1, 0.15) is 71.1 Å². The van der Waals surface area contributed by atoms with Crippen molar-refractivity contribution in [2.24, 2.45) is 5.92 Å². The van der Waals surface area contributed by atoms with Crippen molar-refractivity contribution < 1.29 is 9.90 Å². The van der Waals surface area contributed by atoms with E-state index in [0.29, 0.717) is 12.5 Å². The van der Waals surface area contributed by atoms with Gasteiger partial charge in [-0.25, -0.2) is 0 Å². The van der Waals surface area contributed by atoms with Gasteiger partial charge in [-0.15, -0.1) is 0 Å². The molecule has 1 heterocycles. The van der Waals surface area contributed by atoms with Crippen LogP contribution in [0.15, 0.2) is 0 Å². The van der Waals surface area contributed by atoms with Gasteiger partial charge in [0, 0.05) is 18.5 Å². The zero-order valence-electron chi connectivity index (χ0n) is 12.3. The first-order chi connectivity index (χ1) is 9.16. The topological polar surface area (TPSA) is 40.5 Å². The number of hydrogen-bond donors (Lipinski definition) is 1. The van der Waals surface area contributed by atoms with Crippen LogP contribution in [0.3, 0.4) is 0 Å². The summed E-state index contributed by atoms with van der Waals surface area (Å²) in [5.41, 5.74) is 0. The van der Waals surface area contributed by atoms with Gasteiger partial charge in [0.15, 0.2) is 0 Å². The van der Waals surface area contributed by atoms with Crippen LogP contribution in [-0.2, 0) is 4.79 Å². The highest BCUT2D eigenvalue weighted by atomic mass is 16.4. The number of rotatable bonds is 4. The summed E-state index contributed by atoms with van der Waals surface area (Å²) in [6, 6.07) is 1.26. The number of likely N-dealkylation sites (tertiary alicyclic amines) is 1. The summed E-state index contributed by atoms with van der Waals surface area (Å²) in [7, 11) is 0. The van der Waals surface area contributed by atoms with Crippen LogP contribution in [0.2, 0.25) is 0 Å². The maximum absolute atomic E-state index is 10.8. The number of hydrogen-bond acceptors (Lipinski definition) is 2. The van der Waals surface area contributed by atoms with Gasteiger partial charge < -0.3 is 5.11 Å². The van der Waals surface area contributed by atoms with Crippen molar-refractivity contribution in [3.8, 4) is 0 Å². The Hall–Kier alpha value is -0.570. The summed E-state index contributed by atoms with van der Waals surface area (Å²) in [6.45, 7) is 3.57. The van der Waals surface area contributed by atoms with E-state index >= 15 is 0 Å². The molecule has 3 nitrogen and oxygen atoms in total. The van der Waals surface area contributed by atoms with Gasteiger partial charge in [-0.2, -0.15) is 0 Å². The first-order valence-electron chi connectivity index (χ1n) is 8.14. The Morgan fingerprint density at radius 3 is 2.74 bits per heavy atom. The minimum Gasteiger partial charge on any atom is -0.481 e. The molecule has 1 aliphatic heterocycles. The fraction of sp³-hybridized carbons (Fsp3) is 0.938. The van der Waals surface area contributed by atoms with Gasteiger partial charge in [0.2, 0.25) is 0 Å². The Kier molecular flexibility index (Phi) is 5.68. The minimum atomic E-state index is -0.639. The zero-order valence-corrected chi connectivity index (χ0v) is 12.3. The van der Waals surface area contributed by atoms with Crippen LogP contribution >= 0.6 is 0 Å². The first kappa shape index (κ1) is 14.8. The standard InChI is InChI=1S/C16H29NO2/c1-13-5-4-7-15(9-8-13)17-12-3-2-6-14(17)10-11-16(18)19/h13-15H,2-12H2,1H3,(H,18,19). The lowest BCUT2D eigenvalue weighted by Crippen LogP contribution is -2.46. The second-order valence-electron chi connectivity index (χ2n) is 6.59. The average Bonchev–Trinajstić information content (AvgIpc) is 2.61. The van der Waals surface area contributed by atoms with E-state index < -0.39 is 5.97 Å². The lowest BCUT2D eigenvalue weighted by atomic mass is 9.93. The average molecular weight is 267 g/mol. The minimum absolute atomic E-state index is 0.338. The number of piperidine rings is 1. The molecule has 2 rings (SSSR count). The van der Waals surface area contributed by atoms with E-state index in [1.54, 1.807) is 0 Å². The molecule has 3 unspecified atom stereocenters. The molecule has 1 saturated carbocycles. The van der Waals surface area contributed by atoms with Gasteiger partial charge in [0.25, 0.3) is 0 Å². The smallest absolute Gasteiger partial charge is 0.303 e. The summed E-state index contributed by atoms with van der Waals surface area (Å²) in [5, 5.41) is 8.90. The molecule has 0 aromatic rings. The fourth-order valence-corrected chi connectivity index (χ4v) is 3.90. The highest BCUT2D eigenvalue weighted by molar-refractivity contribution is 5.66. The van der Waals surface area contributed by atoms with Crippen LogP contribution in [-0.4, -0.2) is 34.6 Å². The lowest BCUT2D eigenvalue weighted by Gasteiger charge is -2.41. The largest absolute Gasteiger partial charge is 0.481 e. The first-order valence-corrected chi connectivity index (χ1v) is 8.14. The molecule has 1 N–H and O–H groups in total. The van der Waals surface area contributed by atoms with Crippen molar-refractivity contribution in [1.29, 1.82) is 0 Å². The van der Waals surface area contributed by atoms with E-state index in [1.807, 2.05) is 0 Å². The maximum atomic E-state index is 10.8. The van der Waals surface area contributed by atoms with E-state index in [4.69, 9.17) is 5.11 Å². The molecule has 0 amide bonds. The fourth-order valence-electron chi connectivity index (χ4n) is 3.90. The van der Waals surface area contributed by atoms with Gasteiger partial charge >= 0.3 is 5.97 Å². The molecule has 0 spiro atoms. The number of carbonyl (C=O) groups is 1. The highest BCUT2D eigenvalue weighted by Gasteiger charge is 2.30. The molecule has 1 saturated heterocycles. The molecule has 0 aromatic carbocycles. The molecule has 2 aliphatic rings. The molecule has 1 aliphatic carbocycles. The van der Waals surface area contributed by atoms with Crippen LogP contribution in [0.5, 0.6) is 0 Å². The molecular formula is C16H29NO2. The molecule has 0 bridgehead atoms. The zero-order chi connectivity index (χ0) is 13.7. The second kappa shape index (κ2) is 7.28. The number of nitrogens with zero attached hydrogens (tertiary/aromatic N) is 1. The molecule has 0 aromatic heterocycles. The van der Waals surface area contributed by atoms with E-state index in [2.05, 4.69) is 11.8 Å². The third-order valence-corrected chi connectivity index (χ3v) is 5.06. The Labute approximate surface area is 117 Å². The molecule has 2 fully saturated rings. The Morgan fingerprint density at radius 1 is 1.11 bits per heavy atom.